The molecule has 5 aliphatic rings. The molecule has 0 saturated heterocycles. The fourth-order valence-electron chi connectivity index (χ4n) is 13.0. The molecular formula is C66H43Br2N3O2. The molecule has 8 aromatic carbocycles. The second kappa shape index (κ2) is 15.8. The average Bonchev–Trinajstić information content (AvgIpc) is 4.25. The molecule has 4 atom stereocenters. The number of furan rings is 2. The zero-order chi connectivity index (χ0) is 48.1. The Morgan fingerprint density at radius 2 is 1.07 bits per heavy atom. The first-order chi connectivity index (χ1) is 36.0. The summed E-state index contributed by atoms with van der Waals surface area (Å²) in [5.74, 6) is 1.29. The lowest BCUT2D eigenvalue weighted by Gasteiger charge is -2.30. The number of rotatable bonds is 5. The van der Waals surface area contributed by atoms with E-state index < -0.39 is 0 Å². The molecule has 0 amide bonds. The molecule has 4 unspecified atom stereocenters. The first kappa shape index (κ1) is 41.7. The minimum absolute atomic E-state index is 0.126. The maximum Gasteiger partial charge on any atom is 0.135 e. The van der Waals surface area contributed by atoms with Gasteiger partial charge in [-0.2, -0.15) is 0 Å². The molecule has 0 fully saturated rings. The molecule has 0 N–H and O–H groups in total. The van der Waals surface area contributed by atoms with Crippen molar-refractivity contribution in [2.45, 2.75) is 36.8 Å². The van der Waals surface area contributed by atoms with Crippen LogP contribution >= 0.6 is 31.9 Å². The van der Waals surface area contributed by atoms with E-state index in [1.54, 1.807) is 0 Å². The van der Waals surface area contributed by atoms with E-state index in [-0.39, 0.29) is 23.9 Å². The highest BCUT2D eigenvalue weighted by Gasteiger charge is 2.41. The number of hydrogen-bond donors (Lipinski definition) is 0. The molecule has 73 heavy (non-hydrogen) atoms. The van der Waals surface area contributed by atoms with Gasteiger partial charge in [0.15, 0.2) is 0 Å². The van der Waals surface area contributed by atoms with Gasteiger partial charge >= 0.3 is 0 Å². The van der Waals surface area contributed by atoms with Crippen LogP contribution in [0.3, 0.4) is 0 Å². The third-order valence-electron chi connectivity index (χ3n) is 16.2. The summed E-state index contributed by atoms with van der Waals surface area (Å²) in [4.78, 5) is 5.05. The highest BCUT2D eigenvalue weighted by molar-refractivity contribution is 9.10. The summed E-state index contributed by atoms with van der Waals surface area (Å²) in [7, 11) is 0. The van der Waals surface area contributed by atoms with Crippen LogP contribution in [0.2, 0.25) is 0 Å². The molecule has 2 aliphatic heterocycles. The third kappa shape index (κ3) is 6.31. The van der Waals surface area contributed by atoms with E-state index in [2.05, 4.69) is 253 Å². The van der Waals surface area contributed by atoms with Crippen molar-refractivity contribution < 1.29 is 8.83 Å². The van der Waals surface area contributed by atoms with Gasteiger partial charge in [-0.15, -0.1) is 0 Å². The van der Waals surface area contributed by atoms with Gasteiger partial charge in [-0.3, -0.25) is 0 Å². The predicted octanol–water partition coefficient (Wildman–Crippen LogP) is 18.4. The van der Waals surface area contributed by atoms with Gasteiger partial charge in [-0.05, 0) is 168 Å². The largest absolute Gasteiger partial charge is 0.456 e. The van der Waals surface area contributed by atoms with Crippen LogP contribution in [0.25, 0.3) is 77.6 Å². The lowest BCUT2D eigenvalue weighted by atomic mass is 9.83. The Bertz CT molecular complexity index is 4350. The number of fused-ring (bicyclic) bond motifs is 15. The van der Waals surface area contributed by atoms with Crippen molar-refractivity contribution in [1.29, 1.82) is 0 Å². The number of aryl methyl sites for hydroxylation is 1. The predicted molar refractivity (Wildman–Crippen MR) is 308 cm³/mol. The molecule has 0 spiro atoms. The van der Waals surface area contributed by atoms with Crippen molar-refractivity contribution in [3.05, 3.63) is 249 Å². The molecule has 3 aromatic heterocycles. The van der Waals surface area contributed by atoms with E-state index in [0.29, 0.717) is 0 Å². The topological polar surface area (TPSA) is 37.7 Å². The first-order valence-corrected chi connectivity index (χ1v) is 26.8. The quantitative estimate of drug-likeness (QED) is 0.172. The van der Waals surface area contributed by atoms with Crippen LogP contribution in [0.1, 0.15) is 51.8 Å². The zero-order valence-electron chi connectivity index (χ0n) is 39.3. The molecule has 0 saturated carbocycles. The standard InChI is InChI=1S/C66H43Br2N3O2/c67-42-18-26-61-53(34-42)51-32-40(16-24-59(51)70(61)45-20-28-65-55(36-45)47-10-4-6-12-63(47)72-65)38-14-22-57-49(30-38)50-31-39(15-23-58(50)69(57)44-8-2-1-3-9-44)41-17-25-60-52(33-41)54-35-43(68)19-27-62(54)71(60)46-21-29-66-56(37-46)48-11-5-7-13-64(48)73-66/h1-4,6-10,12-37,50-51,58-59H,5,11H2. The van der Waals surface area contributed by atoms with Crippen molar-refractivity contribution in [2.24, 2.45) is 0 Å². The number of halogens is 2. The average molecular weight is 1070 g/mol. The Hall–Kier alpha value is -7.84. The van der Waals surface area contributed by atoms with Crippen molar-refractivity contribution in [3.8, 4) is 5.69 Å². The normalized spacial score (nSPS) is 19.5. The lowest BCUT2D eigenvalue weighted by molar-refractivity contribution is 0.595. The summed E-state index contributed by atoms with van der Waals surface area (Å²) < 4.78 is 17.1. The number of para-hydroxylation sites is 2. The van der Waals surface area contributed by atoms with E-state index in [9.17, 15) is 0 Å². The lowest BCUT2D eigenvalue weighted by Crippen LogP contribution is -2.28. The minimum Gasteiger partial charge on any atom is -0.456 e. The molecule has 5 nitrogen and oxygen atoms in total. The number of allylic oxidation sites excluding steroid dienone is 5. The van der Waals surface area contributed by atoms with E-state index in [1.807, 2.05) is 6.07 Å². The number of nitrogens with zero attached hydrogens (tertiary/aromatic N) is 3. The molecule has 16 rings (SSSR count). The molecule has 0 radical (unpaired) electrons. The van der Waals surface area contributed by atoms with Crippen molar-refractivity contribution in [1.82, 2.24) is 4.57 Å². The van der Waals surface area contributed by atoms with Gasteiger partial charge in [0, 0.05) is 81.7 Å². The van der Waals surface area contributed by atoms with Crippen molar-refractivity contribution in [2.75, 3.05) is 9.80 Å². The highest BCUT2D eigenvalue weighted by atomic mass is 79.9. The summed E-state index contributed by atoms with van der Waals surface area (Å²) in [5, 5.41) is 5.93. The van der Waals surface area contributed by atoms with Crippen LogP contribution in [0, 0.1) is 0 Å². The Morgan fingerprint density at radius 1 is 0.452 bits per heavy atom. The smallest absolute Gasteiger partial charge is 0.135 e. The van der Waals surface area contributed by atoms with Crippen molar-refractivity contribution in [3.63, 3.8) is 0 Å². The fraction of sp³-hybridized carbons (Fsp3) is 0.0909. The van der Waals surface area contributed by atoms with Gasteiger partial charge < -0.3 is 23.2 Å². The van der Waals surface area contributed by atoms with Gasteiger partial charge in [0.2, 0.25) is 0 Å². The van der Waals surface area contributed by atoms with E-state index in [0.717, 1.165) is 66.4 Å². The summed E-state index contributed by atoms with van der Waals surface area (Å²) >= 11 is 7.67. The molecule has 0 bridgehead atoms. The fourth-order valence-corrected chi connectivity index (χ4v) is 13.7. The molecule has 348 valence electrons. The molecule has 3 aliphatic carbocycles. The van der Waals surface area contributed by atoms with E-state index in [1.165, 1.54) is 83.2 Å². The van der Waals surface area contributed by atoms with E-state index in [4.69, 9.17) is 8.83 Å². The van der Waals surface area contributed by atoms with Gasteiger partial charge in [0.1, 0.15) is 22.5 Å². The minimum atomic E-state index is 0.126. The Morgan fingerprint density at radius 3 is 1.89 bits per heavy atom. The van der Waals surface area contributed by atoms with Gasteiger partial charge in [-0.1, -0.05) is 123 Å². The first-order valence-electron chi connectivity index (χ1n) is 25.2. The molecule has 5 heterocycles. The summed E-state index contributed by atoms with van der Waals surface area (Å²) in [5.41, 5.74) is 20.0. The number of benzene rings is 8. The molecule has 7 heteroatoms. The number of aromatic nitrogens is 1. The van der Waals surface area contributed by atoms with Crippen LogP contribution in [0.15, 0.2) is 224 Å². The SMILES string of the molecule is Brc1ccc2c(c1)C1C=C(c3ccc4c(c3)C3C=C(c5ccc6c(c5)c5cc(Br)ccc5n6-c5ccc6oc7c(c6c5)CCC=C7)C=CC3N4c3ccccc3)C=CC1N2c1ccc2oc3ccccc3c2c1. The van der Waals surface area contributed by atoms with Crippen LogP contribution in [-0.2, 0) is 6.42 Å². The summed E-state index contributed by atoms with van der Waals surface area (Å²) in [6.45, 7) is 0. The third-order valence-corrected chi connectivity index (χ3v) is 17.2. The van der Waals surface area contributed by atoms with Crippen molar-refractivity contribution >= 4 is 127 Å². The Kier molecular flexibility index (Phi) is 9.05. The number of hydrogen-bond acceptors (Lipinski definition) is 4. The van der Waals surface area contributed by atoms with Gasteiger partial charge in [0.25, 0.3) is 0 Å². The maximum atomic E-state index is 6.29. The van der Waals surface area contributed by atoms with E-state index >= 15 is 0 Å². The summed E-state index contributed by atoms with van der Waals surface area (Å²) in [6.07, 6.45) is 21.0. The Labute approximate surface area is 438 Å². The van der Waals surface area contributed by atoms with Crippen LogP contribution in [0.4, 0.5) is 22.7 Å². The number of anilines is 4. The zero-order valence-corrected chi connectivity index (χ0v) is 42.5. The van der Waals surface area contributed by atoms with Crippen LogP contribution in [0.5, 0.6) is 0 Å². The van der Waals surface area contributed by atoms with Crippen LogP contribution < -0.4 is 9.80 Å². The second-order valence-electron chi connectivity index (χ2n) is 20.1. The second-order valence-corrected chi connectivity index (χ2v) is 22.0. The van der Waals surface area contributed by atoms with Crippen LogP contribution in [-0.4, -0.2) is 16.7 Å². The molecular weight excluding hydrogens is 1030 g/mol. The van der Waals surface area contributed by atoms with Gasteiger partial charge in [0.05, 0.1) is 23.1 Å². The highest BCUT2D eigenvalue weighted by Crippen LogP contribution is 2.53. The Balaban J connectivity index is 0.785. The molecule has 11 aromatic rings. The monoisotopic (exact) mass is 1070 g/mol. The summed E-state index contributed by atoms with van der Waals surface area (Å²) in [6, 6.07) is 60.4. The maximum absolute atomic E-state index is 6.29. The van der Waals surface area contributed by atoms with Gasteiger partial charge in [-0.25, -0.2) is 0 Å².